The van der Waals surface area contributed by atoms with Crippen molar-refractivity contribution in [1.82, 2.24) is 5.32 Å². The highest BCUT2D eigenvalue weighted by atomic mass is 16.5. The molecule has 1 aliphatic rings. The van der Waals surface area contributed by atoms with Gasteiger partial charge in [-0.15, -0.1) is 0 Å². The molecule has 0 atom stereocenters. The summed E-state index contributed by atoms with van der Waals surface area (Å²) in [7, 11) is 1.73. The second-order valence-electron chi connectivity index (χ2n) is 5.58. The van der Waals surface area contributed by atoms with Gasteiger partial charge in [0.2, 0.25) is 0 Å². The highest BCUT2D eigenvalue weighted by Crippen LogP contribution is 2.19. The van der Waals surface area contributed by atoms with Gasteiger partial charge in [-0.05, 0) is 44.2 Å². The first-order valence-electron chi connectivity index (χ1n) is 8.09. The number of ether oxygens (including phenoxy) is 1. The van der Waals surface area contributed by atoms with Gasteiger partial charge in [-0.3, -0.25) is 4.79 Å². The van der Waals surface area contributed by atoms with Crippen LogP contribution in [0.3, 0.4) is 0 Å². The van der Waals surface area contributed by atoms with Crippen molar-refractivity contribution in [2.75, 3.05) is 25.5 Å². The molecule has 2 rings (SSSR count). The van der Waals surface area contributed by atoms with Crippen molar-refractivity contribution in [1.29, 1.82) is 0 Å². The lowest BCUT2D eigenvalue weighted by molar-refractivity contribution is -0.124. The number of benzene rings is 1. The molecule has 23 heavy (non-hydrogen) atoms. The minimum absolute atomic E-state index is 0.254. The molecule has 0 heterocycles. The Morgan fingerprint density at radius 3 is 2.78 bits per heavy atom. The molecule has 5 nitrogen and oxygen atoms in total. The summed E-state index contributed by atoms with van der Waals surface area (Å²) in [5, 5.41) is 5.72. The fourth-order valence-electron chi connectivity index (χ4n) is 2.63. The van der Waals surface area contributed by atoms with Gasteiger partial charge in [0.1, 0.15) is 0 Å². The largest absolute Gasteiger partial charge is 0.452 e. The van der Waals surface area contributed by atoms with E-state index in [1.54, 1.807) is 25.2 Å². The van der Waals surface area contributed by atoms with Crippen molar-refractivity contribution in [3.05, 3.63) is 41.5 Å². The van der Waals surface area contributed by atoms with E-state index in [4.69, 9.17) is 4.74 Å². The molecule has 0 aliphatic heterocycles. The molecular formula is C18H24N2O3. The standard InChI is InChI=1S/C18H24N2O3/c1-19-16-10-6-5-9-15(16)18(22)23-13-17(21)20-12-11-14-7-3-2-4-8-14/h5-7,9-10,19H,2-4,8,11-13H2,1H3,(H,20,21). The third-order valence-corrected chi connectivity index (χ3v) is 3.90. The van der Waals surface area contributed by atoms with Crippen LogP contribution in [0.5, 0.6) is 0 Å². The lowest BCUT2D eigenvalue weighted by Gasteiger charge is -2.13. The van der Waals surface area contributed by atoms with Gasteiger partial charge in [-0.1, -0.05) is 23.8 Å². The number of carbonyl (C=O) groups is 2. The molecule has 1 aromatic rings. The van der Waals surface area contributed by atoms with Gasteiger partial charge in [0.25, 0.3) is 5.91 Å². The monoisotopic (exact) mass is 316 g/mol. The Morgan fingerprint density at radius 1 is 1.22 bits per heavy atom. The minimum Gasteiger partial charge on any atom is -0.452 e. The van der Waals surface area contributed by atoms with E-state index in [2.05, 4.69) is 16.7 Å². The summed E-state index contributed by atoms with van der Waals surface area (Å²) in [6, 6.07) is 7.04. The second-order valence-corrected chi connectivity index (χ2v) is 5.58. The predicted molar refractivity (Wildman–Crippen MR) is 90.4 cm³/mol. The molecule has 0 aromatic heterocycles. The predicted octanol–water partition coefficient (Wildman–Crippen LogP) is 2.89. The topological polar surface area (TPSA) is 67.4 Å². The molecule has 0 unspecified atom stereocenters. The number of amides is 1. The summed E-state index contributed by atoms with van der Waals surface area (Å²) in [5.74, 6) is -0.767. The first kappa shape index (κ1) is 17.1. The highest BCUT2D eigenvalue weighted by molar-refractivity contribution is 5.96. The Labute approximate surface area is 137 Å². The zero-order valence-corrected chi connectivity index (χ0v) is 13.6. The van der Waals surface area contributed by atoms with Crippen LogP contribution >= 0.6 is 0 Å². The van der Waals surface area contributed by atoms with Gasteiger partial charge in [-0.2, -0.15) is 0 Å². The van der Waals surface area contributed by atoms with Crippen molar-refractivity contribution in [3.63, 3.8) is 0 Å². The Morgan fingerprint density at radius 2 is 2.04 bits per heavy atom. The lowest BCUT2D eigenvalue weighted by Crippen LogP contribution is -2.30. The van der Waals surface area contributed by atoms with Crippen LogP contribution in [0, 0.1) is 0 Å². The average molecular weight is 316 g/mol. The molecule has 0 saturated heterocycles. The zero-order valence-electron chi connectivity index (χ0n) is 13.6. The van der Waals surface area contributed by atoms with E-state index >= 15 is 0 Å². The lowest BCUT2D eigenvalue weighted by atomic mass is 9.97. The number of carbonyl (C=O) groups excluding carboxylic acids is 2. The van der Waals surface area contributed by atoms with Crippen molar-refractivity contribution in [2.24, 2.45) is 0 Å². The molecule has 1 aliphatic carbocycles. The number of esters is 1. The SMILES string of the molecule is CNc1ccccc1C(=O)OCC(=O)NCCC1=CCCCC1. The Bertz CT molecular complexity index is 581. The zero-order chi connectivity index (χ0) is 16.5. The smallest absolute Gasteiger partial charge is 0.340 e. The number of hydrogen-bond acceptors (Lipinski definition) is 4. The Hall–Kier alpha value is -2.30. The van der Waals surface area contributed by atoms with E-state index in [1.165, 1.54) is 18.4 Å². The van der Waals surface area contributed by atoms with Crippen molar-refractivity contribution in [3.8, 4) is 0 Å². The van der Waals surface area contributed by atoms with Gasteiger partial charge in [0.15, 0.2) is 6.61 Å². The molecule has 0 spiro atoms. The molecule has 0 radical (unpaired) electrons. The van der Waals surface area contributed by atoms with Crippen LogP contribution in [0.1, 0.15) is 42.5 Å². The third-order valence-electron chi connectivity index (χ3n) is 3.90. The van der Waals surface area contributed by atoms with Crippen molar-refractivity contribution >= 4 is 17.6 Å². The number of nitrogens with one attached hydrogen (secondary N) is 2. The normalized spacial score (nSPS) is 13.9. The van der Waals surface area contributed by atoms with E-state index in [0.717, 1.165) is 19.3 Å². The van der Waals surface area contributed by atoms with Crippen LogP contribution in [-0.4, -0.2) is 32.1 Å². The first-order chi connectivity index (χ1) is 11.2. The van der Waals surface area contributed by atoms with Crippen LogP contribution in [0.2, 0.25) is 0 Å². The van der Waals surface area contributed by atoms with Gasteiger partial charge in [0, 0.05) is 19.3 Å². The Kier molecular flexibility index (Phi) is 6.66. The van der Waals surface area contributed by atoms with Gasteiger partial charge in [-0.25, -0.2) is 4.79 Å². The van der Waals surface area contributed by atoms with Gasteiger partial charge < -0.3 is 15.4 Å². The molecule has 2 N–H and O–H groups in total. The number of anilines is 1. The molecule has 0 bridgehead atoms. The van der Waals surface area contributed by atoms with Crippen LogP contribution < -0.4 is 10.6 Å². The van der Waals surface area contributed by atoms with Crippen molar-refractivity contribution in [2.45, 2.75) is 32.1 Å². The van der Waals surface area contributed by atoms with E-state index in [-0.39, 0.29) is 12.5 Å². The highest BCUT2D eigenvalue weighted by Gasteiger charge is 2.13. The summed E-state index contributed by atoms with van der Waals surface area (Å²) in [4.78, 5) is 23.8. The third kappa shape index (κ3) is 5.43. The van der Waals surface area contributed by atoms with Crippen LogP contribution in [-0.2, 0) is 9.53 Å². The van der Waals surface area contributed by atoms with E-state index in [0.29, 0.717) is 17.8 Å². The Balaban J connectivity index is 1.71. The van der Waals surface area contributed by atoms with Crippen LogP contribution in [0.15, 0.2) is 35.9 Å². The maximum atomic E-state index is 12.0. The fourth-order valence-corrected chi connectivity index (χ4v) is 2.63. The fraction of sp³-hybridized carbons (Fsp3) is 0.444. The van der Waals surface area contributed by atoms with E-state index in [1.807, 2.05) is 6.07 Å². The maximum absolute atomic E-state index is 12.0. The van der Waals surface area contributed by atoms with Crippen molar-refractivity contribution < 1.29 is 14.3 Å². The molecule has 5 heteroatoms. The number of hydrogen-bond donors (Lipinski definition) is 2. The molecule has 0 saturated carbocycles. The van der Waals surface area contributed by atoms with Gasteiger partial charge >= 0.3 is 5.97 Å². The van der Waals surface area contributed by atoms with E-state index < -0.39 is 5.97 Å². The average Bonchev–Trinajstić information content (AvgIpc) is 2.60. The van der Waals surface area contributed by atoms with Gasteiger partial charge in [0.05, 0.1) is 5.56 Å². The molecule has 1 amide bonds. The summed E-state index contributed by atoms with van der Waals surface area (Å²) in [6.07, 6.45) is 7.92. The van der Waals surface area contributed by atoms with Crippen LogP contribution in [0.4, 0.5) is 5.69 Å². The number of para-hydroxylation sites is 1. The molecule has 1 aromatic carbocycles. The van der Waals surface area contributed by atoms with E-state index in [9.17, 15) is 9.59 Å². The first-order valence-corrected chi connectivity index (χ1v) is 8.09. The quantitative estimate of drug-likeness (QED) is 0.599. The summed E-state index contributed by atoms with van der Waals surface area (Å²) in [6.45, 7) is 0.339. The molecule has 0 fully saturated rings. The summed E-state index contributed by atoms with van der Waals surface area (Å²) in [5.41, 5.74) is 2.52. The number of allylic oxidation sites excluding steroid dienone is 1. The second kappa shape index (κ2) is 8.98. The van der Waals surface area contributed by atoms with Crippen LogP contribution in [0.25, 0.3) is 0 Å². The summed E-state index contributed by atoms with van der Waals surface area (Å²) < 4.78 is 5.07. The summed E-state index contributed by atoms with van der Waals surface area (Å²) >= 11 is 0. The minimum atomic E-state index is -0.500. The maximum Gasteiger partial charge on any atom is 0.340 e. The number of rotatable bonds is 7. The molecule has 124 valence electrons. The molecular weight excluding hydrogens is 292 g/mol.